The highest BCUT2D eigenvalue weighted by atomic mass is 35.5. The summed E-state index contributed by atoms with van der Waals surface area (Å²) in [5.74, 6) is 1.19. The summed E-state index contributed by atoms with van der Waals surface area (Å²) in [6, 6.07) is 21.5. The lowest BCUT2D eigenvalue weighted by Crippen LogP contribution is -2.54. The Bertz CT molecular complexity index is 2040. The zero-order valence-corrected chi connectivity index (χ0v) is 36.3. The van der Waals surface area contributed by atoms with Gasteiger partial charge in [0.2, 0.25) is 11.8 Å². The van der Waals surface area contributed by atoms with Crippen LogP contribution in [0.5, 0.6) is 11.5 Å². The number of alkyl halides is 1. The summed E-state index contributed by atoms with van der Waals surface area (Å²) >= 11 is 5.68. The van der Waals surface area contributed by atoms with Crippen molar-refractivity contribution in [2.24, 2.45) is 11.8 Å². The highest BCUT2D eigenvalue weighted by Crippen LogP contribution is 2.37. The molecule has 4 saturated heterocycles. The molecule has 5 aliphatic rings. The summed E-state index contributed by atoms with van der Waals surface area (Å²) in [5.41, 5.74) is 3.68. The molecule has 4 amide bonds. The van der Waals surface area contributed by atoms with Crippen LogP contribution in [0.4, 0.5) is 5.69 Å². The predicted octanol–water partition coefficient (Wildman–Crippen LogP) is 5.86. The second-order valence-corrected chi connectivity index (χ2v) is 18.5. The molecule has 1 unspecified atom stereocenters. The van der Waals surface area contributed by atoms with Crippen molar-refractivity contribution in [3.8, 4) is 11.5 Å². The van der Waals surface area contributed by atoms with Crippen molar-refractivity contribution in [3.63, 3.8) is 0 Å². The number of likely N-dealkylation sites (tertiary alicyclic amines) is 2. The number of anilines is 1. The van der Waals surface area contributed by atoms with Crippen molar-refractivity contribution in [1.82, 2.24) is 20.0 Å². The van der Waals surface area contributed by atoms with E-state index in [1.54, 1.807) is 6.07 Å². The zero-order chi connectivity index (χ0) is 42.7. The lowest BCUT2D eigenvalue weighted by molar-refractivity contribution is -0.136. The Labute approximate surface area is 364 Å². The number of ether oxygens (including phenoxy) is 2. The van der Waals surface area contributed by atoms with Gasteiger partial charge in [0, 0.05) is 37.5 Å². The van der Waals surface area contributed by atoms with E-state index >= 15 is 0 Å². The lowest BCUT2D eigenvalue weighted by Gasteiger charge is -2.43. The highest BCUT2D eigenvalue weighted by Gasteiger charge is 2.46. The van der Waals surface area contributed by atoms with Gasteiger partial charge >= 0.3 is 0 Å². The Morgan fingerprint density at radius 3 is 2.00 bits per heavy atom. The van der Waals surface area contributed by atoms with E-state index in [9.17, 15) is 24.3 Å². The minimum absolute atomic E-state index is 0.106. The molecule has 61 heavy (non-hydrogen) atoms. The Kier molecular flexibility index (Phi) is 13.3. The predicted molar refractivity (Wildman–Crippen MR) is 235 cm³/mol. The number of halogens is 1. The standard InChI is InChI=1S/C48H60ClN5O7/c1-48(2,35-8-12-39(13-9-35)61-31-37(55)28-49)34-6-10-38(11-7-34)60-30-33-16-22-51(23-17-33)29-32-18-24-52(25-19-32)36-20-26-53(27-21-36)41-5-3-4-40-44(41)47(59)54(46(40)58)42-14-15-43(56)50-45(42)57/h3-13,32-33,36-37,42,55H,14-31H2,1-2H3,(H,50,56,57)/t37-,42?/m1/s1. The summed E-state index contributed by atoms with van der Waals surface area (Å²) in [6.07, 6.45) is 6.33. The van der Waals surface area contributed by atoms with Gasteiger partial charge in [-0.15, -0.1) is 11.6 Å². The Morgan fingerprint density at radius 1 is 0.754 bits per heavy atom. The number of hydrogen-bond donors (Lipinski definition) is 2. The van der Waals surface area contributed by atoms with Gasteiger partial charge in [0.15, 0.2) is 0 Å². The van der Waals surface area contributed by atoms with Gasteiger partial charge in [-0.25, -0.2) is 0 Å². The molecule has 0 aromatic heterocycles. The van der Waals surface area contributed by atoms with E-state index in [0.717, 1.165) is 93.8 Å². The van der Waals surface area contributed by atoms with Crippen LogP contribution in [0.15, 0.2) is 66.7 Å². The molecule has 4 fully saturated rings. The first kappa shape index (κ1) is 43.2. The molecular weight excluding hydrogens is 794 g/mol. The number of nitrogens with zero attached hydrogens (tertiary/aromatic N) is 4. The monoisotopic (exact) mass is 853 g/mol. The molecule has 12 nitrogen and oxygen atoms in total. The van der Waals surface area contributed by atoms with Gasteiger partial charge in [0.05, 0.1) is 29.3 Å². The van der Waals surface area contributed by atoms with Crippen molar-refractivity contribution in [3.05, 3.63) is 89.0 Å². The number of fused-ring (bicyclic) bond motifs is 1. The minimum Gasteiger partial charge on any atom is -0.493 e. The van der Waals surface area contributed by atoms with Gasteiger partial charge in [-0.2, -0.15) is 0 Å². The van der Waals surface area contributed by atoms with E-state index in [4.69, 9.17) is 21.1 Å². The third-order valence-corrected chi connectivity index (χ3v) is 14.3. The molecule has 0 radical (unpaired) electrons. The van der Waals surface area contributed by atoms with Crippen LogP contribution < -0.4 is 19.7 Å². The van der Waals surface area contributed by atoms with Crippen LogP contribution in [0.3, 0.4) is 0 Å². The molecule has 0 spiro atoms. The number of aliphatic hydroxyl groups is 1. The van der Waals surface area contributed by atoms with Gasteiger partial charge in [0.1, 0.15) is 30.3 Å². The Morgan fingerprint density at radius 2 is 1.38 bits per heavy atom. The molecule has 5 aliphatic heterocycles. The van der Waals surface area contributed by atoms with E-state index in [1.807, 2.05) is 24.3 Å². The number of piperidine rings is 4. The van der Waals surface area contributed by atoms with Gasteiger partial charge in [-0.3, -0.25) is 29.4 Å². The fraction of sp³-hybridized carbons (Fsp3) is 0.542. The first-order valence-corrected chi connectivity index (χ1v) is 22.8. The molecule has 0 bridgehead atoms. The van der Waals surface area contributed by atoms with E-state index in [1.165, 1.54) is 30.5 Å². The fourth-order valence-corrected chi connectivity index (χ4v) is 10.1. The average Bonchev–Trinajstić information content (AvgIpc) is 3.54. The third kappa shape index (κ3) is 9.62. The maximum Gasteiger partial charge on any atom is 0.264 e. The fourth-order valence-electron chi connectivity index (χ4n) is 9.99. The van der Waals surface area contributed by atoms with Crippen LogP contribution in [0.25, 0.3) is 0 Å². The number of rotatable bonds is 14. The van der Waals surface area contributed by atoms with Crippen molar-refractivity contribution < 1.29 is 33.8 Å². The normalized spacial score (nSPS) is 22.1. The van der Waals surface area contributed by atoms with Crippen molar-refractivity contribution >= 4 is 40.9 Å². The quantitative estimate of drug-likeness (QED) is 0.150. The summed E-state index contributed by atoms with van der Waals surface area (Å²) in [4.78, 5) is 60.0. The van der Waals surface area contributed by atoms with Crippen LogP contribution >= 0.6 is 11.6 Å². The maximum absolute atomic E-state index is 13.7. The molecular formula is C48H60ClN5O7. The first-order valence-electron chi connectivity index (χ1n) is 22.2. The van der Waals surface area contributed by atoms with E-state index < -0.39 is 29.9 Å². The number of hydrogen-bond acceptors (Lipinski definition) is 10. The van der Waals surface area contributed by atoms with Crippen LogP contribution in [0.1, 0.15) is 97.1 Å². The van der Waals surface area contributed by atoms with Gasteiger partial charge in [-0.05, 0) is 130 Å². The molecule has 8 rings (SSSR count). The van der Waals surface area contributed by atoms with Crippen molar-refractivity contribution in [2.75, 3.05) is 69.8 Å². The first-order chi connectivity index (χ1) is 29.5. The summed E-state index contributed by atoms with van der Waals surface area (Å²) in [7, 11) is 0. The van der Waals surface area contributed by atoms with Crippen LogP contribution in [0, 0.1) is 11.8 Å². The number of carbonyl (C=O) groups is 4. The average molecular weight is 854 g/mol. The molecule has 2 N–H and O–H groups in total. The molecule has 326 valence electrons. The molecule has 13 heteroatoms. The van der Waals surface area contributed by atoms with E-state index in [2.05, 4.69) is 70.3 Å². The molecule has 0 aliphatic carbocycles. The maximum atomic E-state index is 13.7. The number of aliphatic hydroxyl groups excluding tert-OH is 1. The molecule has 0 saturated carbocycles. The van der Waals surface area contributed by atoms with E-state index in [-0.39, 0.29) is 36.7 Å². The lowest BCUT2D eigenvalue weighted by atomic mass is 9.78. The Balaban J connectivity index is 0.737. The van der Waals surface area contributed by atoms with Crippen LogP contribution in [0.2, 0.25) is 0 Å². The molecule has 5 heterocycles. The van der Waals surface area contributed by atoms with Gasteiger partial charge in [0.25, 0.3) is 11.8 Å². The van der Waals surface area contributed by atoms with Crippen molar-refractivity contribution in [2.45, 2.75) is 88.8 Å². The number of nitrogens with one attached hydrogen (secondary N) is 1. The molecule has 3 aromatic rings. The van der Waals surface area contributed by atoms with Gasteiger partial charge in [-0.1, -0.05) is 44.2 Å². The minimum atomic E-state index is -0.961. The molecule has 3 aromatic carbocycles. The summed E-state index contributed by atoms with van der Waals surface area (Å²) in [5, 5.41) is 12.0. The number of benzene rings is 3. The largest absolute Gasteiger partial charge is 0.493 e. The number of amides is 4. The summed E-state index contributed by atoms with van der Waals surface area (Å²) < 4.78 is 12.0. The summed E-state index contributed by atoms with van der Waals surface area (Å²) in [6.45, 7) is 12.6. The number of carbonyl (C=O) groups excluding carboxylic acids is 4. The number of imide groups is 2. The smallest absolute Gasteiger partial charge is 0.264 e. The zero-order valence-electron chi connectivity index (χ0n) is 35.5. The van der Waals surface area contributed by atoms with Crippen LogP contribution in [-0.2, 0) is 15.0 Å². The van der Waals surface area contributed by atoms with Crippen LogP contribution in [-0.4, -0.2) is 127 Å². The Hall–Kier alpha value is -4.49. The van der Waals surface area contributed by atoms with Gasteiger partial charge < -0.3 is 29.3 Å². The SMILES string of the molecule is CC(C)(c1ccc(OCC2CCN(CC3CCN(C4CCN(c5cccc6c5C(=O)N(C5CCC(=O)NC5=O)C6=O)CC4)CC3)CC2)cc1)c1ccc(OC[C@H](O)CCl)cc1. The van der Waals surface area contributed by atoms with E-state index in [0.29, 0.717) is 28.8 Å². The second kappa shape index (κ2) is 18.9. The third-order valence-electron chi connectivity index (χ3n) is 13.9. The highest BCUT2D eigenvalue weighted by molar-refractivity contribution is 6.25. The van der Waals surface area contributed by atoms with Crippen molar-refractivity contribution in [1.29, 1.82) is 0 Å². The topological polar surface area (TPSA) is 132 Å². The second-order valence-electron chi connectivity index (χ2n) is 18.2. The molecule has 2 atom stereocenters.